The standard InChI is InChI=1S/C17H20N2O3S/c1-12(13-6-8-16(9-7-13)23(18,20)21)19-15-10-14-4-2-3-5-17(14)22-11-15/h2-9,12,15,19H,10-11H2,1H3,(H2,18,20,21)/t12-,15+/m1/s1. The summed E-state index contributed by atoms with van der Waals surface area (Å²) in [7, 11) is -3.65. The predicted molar refractivity (Wildman–Crippen MR) is 88.8 cm³/mol. The van der Waals surface area contributed by atoms with E-state index < -0.39 is 10.0 Å². The van der Waals surface area contributed by atoms with Crippen molar-refractivity contribution in [1.29, 1.82) is 0 Å². The van der Waals surface area contributed by atoms with E-state index >= 15 is 0 Å². The molecule has 0 unspecified atom stereocenters. The van der Waals surface area contributed by atoms with E-state index in [1.807, 2.05) is 25.1 Å². The summed E-state index contributed by atoms with van der Waals surface area (Å²) in [5.41, 5.74) is 2.21. The molecule has 0 radical (unpaired) electrons. The highest BCUT2D eigenvalue weighted by molar-refractivity contribution is 7.89. The topological polar surface area (TPSA) is 81.4 Å². The smallest absolute Gasteiger partial charge is 0.238 e. The second-order valence-electron chi connectivity index (χ2n) is 5.82. The van der Waals surface area contributed by atoms with E-state index in [2.05, 4.69) is 11.4 Å². The summed E-state index contributed by atoms with van der Waals surface area (Å²) >= 11 is 0. The Kier molecular flexibility index (Phi) is 4.39. The maximum absolute atomic E-state index is 11.3. The first-order chi connectivity index (χ1) is 10.9. The van der Waals surface area contributed by atoms with Crippen LogP contribution in [0.5, 0.6) is 5.75 Å². The summed E-state index contributed by atoms with van der Waals surface area (Å²) in [5.74, 6) is 0.954. The van der Waals surface area contributed by atoms with Gasteiger partial charge in [-0.15, -0.1) is 0 Å². The van der Waals surface area contributed by atoms with Crippen LogP contribution in [-0.4, -0.2) is 21.1 Å². The van der Waals surface area contributed by atoms with Gasteiger partial charge in [0.25, 0.3) is 0 Å². The molecule has 0 saturated carbocycles. The van der Waals surface area contributed by atoms with E-state index in [0.717, 1.165) is 17.7 Å². The van der Waals surface area contributed by atoms with E-state index in [4.69, 9.17) is 9.88 Å². The van der Waals surface area contributed by atoms with Crippen molar-refractivity contribution in [3.8, 4) is 5.75 Å². The lowest BCUT2D eigenvalue weighted by molar-refractivity contribution is 0.229. The first-order valence-corrected chi connectivity index (χ1v) is 9.07. The number of ether oxygens (including phenoxy) is 1. The number of rotatable bonds is 4. The van der Waals surface area contributed by atoms with Crippen LogP contribution in [0.3, 0.4) is 0 Å². The van der Waals surface area contributed by atoms with E-state index in [1.54, 1.807) is 12.1 Å². The third-order valence-electron chi connectivity index (χ3n) is 4.07. The van der Waals surface area contributed by atoms with Crippen molar-refractivity contribution in [2.75, 3.05) is 6.61 Å². The molecule has 0 saturated heterocycles. The van der Waals surface area contributed by atoms with Crippen molar-refractivity contribution in [3.05, 3.63) is 59.7 Å². The van der Waals surface area contributed by atoms with E-state index in [9.17, 15) is 8.42 Å². The Morgan fingerprint density at radius 2 is 1.87 bits per heavy atom. The normalized spacial score (nSPS) is 18.8. The molecule has 0 amide bonds. The molecular formula is C17H20N2O3S. The van der Waals surface area contributed by atoms with Crippen molar-refractivity contribution >= 4 is 10.0 Å². The summed E-state index contributed by atoms with van der Waals surface area (Å²) in [6, 6.07) is 15.0. The van der Waals surface area contributed by atoms with Gasteiger partial charge >= 0.3 is 0 Å². The first kappa shape index (κ1) is 16.0. The molecule has 3 rings (SSSR count). The number of sulfonamides is 1. The molecule has 1 heterocycles. The molecule has 2 aromatic carbocycles. The monoisotopic (exact) mass is 332 g/mol. The SMILES string of the molecule is C[C@@H](N[C@@H]1COc2ccccc2C1)c1ccc(S(N)(=O)=O)cc1. The molecule has 1 aliphatic rings. The van der Waals surface area contributed by atoms with Gasteiger partial charge in [-0.2, -0.15) is 0 Å². The van der Waals surface area contributed by atoms with Crippen LogP contribution in [0.2, 0.25) is 0 Å². The van der Waals surface area contributed by atoms with Crippen LogP contribution >= 0.6 is 0 Å². The summed E-state index contributed by atoms with van der Waals surface area (Å²) in [6.45, 7) is 2.67. The largest absolute Gasteiger partial charge is 0.492 e. The fourth-order valence-corrected chi connectivity index (χ4v) is 3.35. The Morgan fingerprint density at radius 3 is 2.57 bits per heavy atom. The van der Waals surface area contributed by atoms with Gasteiger partial charge < -0.3 is 10.1 Å². The maximum atomic E-state index is 11.3. The van der Waals surface area contributed by atoms with Gasteiger partial charge in [0, 0.05) is 12.1 Å². The van der Waals surface area contributed by atoms with Gasteiger partial charge in [0.05, 0.1) is 4.90 Å². The van der Waals surface area contributed by atoms with Crippen molar-refractivity contribution in [2.45, 2.75) is 30.3 Å². The van der Waals surface area contributed by atoms with Gasteiger partial charge in [-0.3, -0.25) is 0 Å². The molecule has 0 spiro atoms. The lowest BCUT2D eigenvalue weighted by Crippen LogP contribution is -2.40. The van der Waals surface area contributed by atoms with Gasteiger partial charge in [0.1, 0.15) is 12.4 Å². The molecule has 122 valence electrons. The summed E-state index contributed by atoms with van der Waals surface area (Å²) in [4.78, 5) is 0.128. The minimum atomic E-state index is -3.65. The Bertz CT molecular complexity index is 788. The molecular weight excluding hydrogens is 312 g/mol. The van der Waals surface area contributed by atoms with Gasteiger partial charge in [-0.25, -0.2) is 13.6 Å². The average Bonchev–Trinajstić information content (AvgIpc) is 2.54. The minimum Gasteiger partial charge on any atom is -0.492 e. The molecule has 0 bridgehead atoms. The van der Waals surface area contributed by atoms with E-state index in [-0.39, 0.29) is 17.0 Å². The highest BCUT2D eigenvalue weighted by atomic mass is 32.2. The summed E-state index contributed by atoms with van der Waals surface area (Å²) in [5, 5.41) is 8.65. The Labute approximate surface area is 136 Å². The van der Waals surface area contributed by atoms with Gasteiger partial charge in [-0.1, -0.05) is 30.3 Å². The molecule has 2 atom stereocenters. The fourth-order valence-electron chi connectivity index (χ4n) is 2.83. The van der Waals surface area contributed by atoms with Crippen LogP contribution in [0.25, 0.3) is 0 Å². The van der Waals surface area contributed by atoms with Gasteiger partial charge in [-0.05, 0) is 42.7 Å². The summed E-state index contributed by atoms with van der Waals surface area (Å²) < 4.78 is 28.4. The van der Waals surface area contributed by atoms with Gasteiger partial charge in [0.15, 0.2) is 0 Å². The van der Waals surface area contributed by atoms with Crippen molar-refractivity contribution < 1.29 is 13.2 Å². The maximum Gasteiger partial charge on any atom is 0.238 e. The third-order valence-corrected chi connectivity index (χ3v) is 5.00. The molecule has 23 heavy (non-hydrogen) atoms. The highest BCUT2D eigenvalue weighted by Gasteiger charge is 2.21. The molecule has 3 N–H and O–H groups in total. The molecule has 2 aromatic rings. The molecule has 0 fully saturated rings. The fraction of sp³-hybridized carbons (Fsp3) is 0.294. The van der Waals surface area contributed by atoms with Crippen LogP contribution in [0.15, 0.2) is 53.4 Å². The Hall–Kier alpha value is -1.89. The Morgan fingerprint density at radius 1 is 1.17 bits per heavy atom. The first-order valence-electron chi connectivity index (χ1n) is 7.53. The van der Waals surface area contributed by atoms with Crippen LogP contribution in [0, 0.1) is 0 Å². The van der Waals surface area contributed by atoms with Gasteiger partial charge in [0.2, 0.25) is 10.0 Å². The summed E-state index contributed by atoms with van der Waals surface area (Å²) in [6.07, 6.45) is 0.912. The molecule has 0 aliphatic carbocycles. The highest BCUT2D eigenvalue weighted by Crippen LogP contribution is 2.25. The quantitative estimate of drug-likeness (QED) is 0.897. The zero-order chi connectivity index (χ0) is 16.4. The predicted octanol–water partition coefficient (Wildman–Crippen LogP) is 1.99. The van der Waals surface area contributed by atoms with E-state index in [0.29, 0.717) is 6.61 Å². The number of hydrogen-bond acceptors (Lipinski definition) is 4. The van der Waals surface area contributed by atoms with Crippen molar-refractivity contribution in [3.63, 3.8) is 0 Å². The van der Waals surface area contributed by atoms with Crippen molar-refractivity contribution in [2.24, 2.45) is 5.14 Å². The van der Waals surface area contributed by atoms with Crippen LogP contribution in [0.4, 0.5) is 0 Å². The number of benzene rings is 2. The third kappa shape index (κ3) is 3.72. The molecule has 1 aliphatic heterocycles. The second kappa shape index (κ2) is 6.31. The number of para-hydroxylation sites is 1. The lowest BCUT2D eigenvalue weighted by atomic mass is 10.0. The Balaban J connectivity index is 1.67. The zero-order valence-corrected chi connectivity index (χ0v) is 13.7. The van der Waals surface area contributed by atoms with Crippen molar-refractivity contribution in [1.82, 2.24) is 5.32 Å². The lowest BCUT2D eigenvalue weighted by Gasteiger charge is -2.29. The number of nitrogens with one attached hydrogen (secondary N) is 1. The zero-order valence-electron chi connectivity index (χ0n) is 12.9. The van der Waals surface area contributed by atoms with Crippen LogP contribution in [-0.2, 0) is 16.4 Å². The average molecular weight is 332 g/mol. The molecule has 5 nitrogen and oxygen atoms in total. The number of hydrogen-bond donors (Lipinski definition) is 2. The van der Waals surface area contributed by atoms with Crippen LogP contribution in [0.1, 0.15) is 24.1 Å². The van der Waals surface area contributed by atoms with E-state index in [1.165, 1.54) is 17.7 Å². The molecule has 6 heteroatoms. The molecule has 0 aromatic heterocycles. The second-order valence-corrected chi connectivity index (χ2v) is 7.38. The number of primary sulfonamides is 1. The number of fused-ring (bicyclic) bond motifs is 1. The number of nitrogens with two attached hydrogens (primary N) is 1. The minimum absolute atomic E-state index is 0.0865. The van der Waals surface area contributed by atoms with Crippen LogP contribution < -0.4 is 15.2 Å².